The highest BCUT2D eigenvalue weighted by Gasteiger charge is 2.22. The van der Waals surface area contributed by atoms with Gasteiger partial charge in [0.05, 0.1) is 16.7 Å². The van der Waals surface area contributed by atoms with Crippen LogP contribution in [0.4, 0.5) is 17.1 Å². The molecule has 0 aliphatic carbocycles. The lowest BCUT2D eigenvalue weighted by molar-refractivity contribution is 1.18. The minimum Gasteiger partial charge on any atom is -0.310 e. The van der Waals surface area contributed by atoms with Gasteiger partial charge in [-0.15, -0.1) is 0 Å². The fourth-order valence-corrected chi connectivity index (χ4v) is 10.8. The topological polar surface area (TPSA) is 8.17 Å². The molecule has 0 spiro atoms. The van der Waals surface area contributed by atoms with Gasteiger partial charge in [-0.05, 0) is 126 Å². The number of fused-ring (bicyclic) bond motifs is 5. The van der Waals surface area contributed by atoms with E-state index in [1.54, 1.807) is 0 Å². The summed E-state index contributed by atoms with van der Waals surface area (Å²) in [5.74, 6) is 0. The molecule has 0 N–H and O–H groups in total. The van der Waals surface area contributed by atoms with Crippen LogP contribution in [0.2, 0.25) is 0 Å². The zero-order valence-electron chi connectivity index (χ0n) is 38.5. The Morgan fingerprint density at radius 1 is 0.229 bits per heavy atom. The fourth-order valence-electron chi connectivity index (χ4n) is 10.8. The average Bonchev–Trinajstić information content (AvgIpc) is 3.77. The lowest BCUT2D eigenvalue weighted by atomic mass is 9.91. The van der Waals surface area contributed by atoms with Crippen LogP contribution in [0.1, 0.15) is 0 Å². The van der Waals surface area contributed by atoms with E-state index in [2.05, 4.69) is 289 Å². The van der Waals surface area contributed by atoms with E-state index in [-0.39, 0.29) is 0 Å². The third kappa shape index (κ3) is 7.13. The molecule has 70 heavy (non-hydrogen) atoms. The van der Waals surface area contributed by atoms with E-state index < -0.39 is 0 Å². The van der Waals surface area contributed by atoms with Crippen molar-refractivity contribution < 1.29 is 0 Å². The Labute approximate surface area is 408 Å². The smallest absolute Gasteiger partial charge is 0.0541 e. The first-order valence-electron chi connectivity index (χ1n) is 24.1. The summed E-state index contributed by atoms with van der Waals surface area (Å²) in [6.07, 6.45) is 0. The fraction of sp³-hybridized carbons (Fsp3) is 0. The van der Waals surface area contributed by atoms with E-state index in [1.165, 1.54) is 65.6 Å². The third-order valence-corrected chi connectivity index (χ3v) is 14.0. The molecule has 0 fully saturated rings. The van der Waals surface area contributed by atoms with Crippen LogP contribution in [0.5, 0.6) is 0 Å². The summed E-state index contributed by atoms with van der Waals surface area (Å²) in [5, 5.41) is 7.41. The molecule has 0 aliphatic heterocycles. The number of hydrogen-bond donors (Lipinski definition) is 0. The second-order valence-corrected chi connectivity index (χ2v) is 18.0. The second-order valence-electron chi connectivity index (χ2n) is 18.0. The molecule has 2 nitrogen and oxygen atoms in total. The van der Waals surface area contributed by atoms with Gasteiger partial charge in [-0.2, -0.15) is 0 Å². The van der Waals surface area contributed by atoms with Gasteiger partial charge in [-0.1, -0.05) is 224 Å². The van der Waals surface area contributed by atoms with Crippen molar-refractivity contribution in [1.82, 2.24) is 4.57 Å². The van der Waals surface area contributed by atoms with Crippen LogP contribution in [-0.2, 0) is 0 Å². The molecule has 1 aromatic heterocycles. The van der Waals surface area contributed by atoms with Crippen molar-refractivity contribution in [2.45, 2.75) is 0 Å². The van der Waals surface area contributed by atoms with Crippen molar-refractivity contribution in [2.24, 2.45) is 0 Å². The molecule has 0 saturated heterocycles. The summed E-state index contributed by atoms with van der Waals surface area (Å²) >= 11 is 0. The Balaban J connectivity index is 1.02. The summed E-state index contributed by atoms with van der Waals surface area (Å²) < 4.78 is 2.44. The van der Waals surface area contributed by atoms with Gasteiger partial charge >= 0.3 is 0 Å². The molecule has 0 unspecified atom stereocenters. The Morgan fingerprint density at radius 2 is 0.643 bits per heavy atom. The first-order valence-corrected chi connectivity index (χ1v) is 24.1. The standard InChI is InChI=1S/C68H46N2/c1-3-20-47(21-4-1)57-42-43-58(60-32-10-9-31-59(57)60)51-27-18-29-53(45-51)69(52-28-17-26-50(44-52)56-36-19-25-48-24-7-8-30-55(48)56)54-40-41-61(65(46-54)49-22-5-2-6-23-49)62-33-11-14-37-66(62)70-67-38-15-12-34-63(67)64-35-13-16-39-68(64)70/h1-46H. The zero-order chi connectivity index (χ0) is 46.4. The number of rotatable bonds is 9. The summed E-state index contributed by atoms with van der Waals surface area (Å²) in [5.41, 5.74) is 18.5. The highest BCUT2D eigenvalue weighted by Crippen LogP contribution is 2.46. The van der Waals surface area contributed by atoms with Crippen molar-refractivity contribution >= 4 is 60.4 Å². The van der Waals surface area contributed by atoms with E-state index >= 15 is 0 Å². The predicted molar refractivity (Wildman–Crippen MR) is 298 cm³/mol. The van der Waals surface area contributed by atoms with Gasteiger partial charge in [0.15, 0.2) is 0 Å². The minimum absolute atomic E-state index is 1.06. The quantitative estimate of drug-likeness (QED) is 0.140. The molecule has 2 heteroatoms. The Hall–Kier alpha value is -9.24. The van der Waals surface area contributed by atoms with Crippen LogP contribution in [-0.4, -0.2) is 4.57 Å². The summed E-state index contributed by atoms with van der Waals surface area (Å²) in [7, 11) is 0. The van der Waals surface area contributed by atoms with Gasteiger partial charge in [0.1, 0.15) is 0 Å². The molecule has 0 bridgehead atoms. The van der Waals surface area contributed by atoms with Crippen molar-refractivity contribution in [3.05, 3.63) is 279 Å². The van der Waals surface area contributed by atoms with E-state index in [0.717, 1.165) is 56.1 Å². The molecular weight excluding hydrogens is 845 g/mol. The van der Waals surface area contributed by atoms with Gasteiger partial charge in [0, 0.05) is 33.4 Å². The Kier molecular flexibility index (Phi) is 10.2. The average molecular weight is 891 g/mol. The van der Waals surface area contributed by atoms with Gasteiger partial charge < -0.3 is 9.47 Å². The zero-order valence-corrected chi connectivity index (χ0v) is 38.5. The van der Waals surface area contributed by atoms with E-state index in [0.29, 0.717) is 0 Å². The van der Waals surface area contributed by atoms with Crippen LogP contribution < -0.4 is 4.90 Å². The highest BCUT2D eigenvalue weighted by molar-refractivity contribution is 6.10. The van der Waals surface area contributed by atoms with E-state index in [9.17, 15) is 0 Å². The number of nitrogens with zero attached hydrogens (tertiary/aromatic N) is 2. The summed E-state index contributed by atoms with van der Waals surface area (Å²) in [6.45, 7) is 0. The van der Waals surface area contributed by atoms with Gasteiger partial charge in [-0.25, -0.2) is 0 Å². The monoisotopic (exact) mass is 890 g/mol. The van der Waals surface area contributed by atoms with Gasteiger partial charge in [0.25, 0.3) is 0 Å². The van der Waals surface area contributed by atoms with Crippen molar-refractivity contribution in [3.63, 3.8) is 0 Å². The summed E-state index contributed by atoms with van der Waals surface area (Å²) in [4.78, 5) is 2.44. The molecule has 328 valence electrons. The van der Waals surface area contributed by atoms with Crippen molar-refractivity contribution in [2.75, 3.05) is 4.90 Å². The maximum Gasteiger partial charge on any atom is 0.0541 e. The van der Waals surface area contributed by atoms with Crippen LogP contribution in [0.25, 0.3) is 105 Å². The SMILES string of the molecule is c1ccc(-c2cc(N(c3cccc(-c4cccc5ccccc45)c3)c3cccc(-c4ccc(-c5ccccc5)c5ccccc45)c3)ccc2-c2ccccc2-n2c3ccccc3c3ccccc32)cc1. The first kappa shape index (κ1) is 41.0. The number of benzene rings is 12. The van der Waals surface area contributed by atoms with Crippen LogP contribution in [0, 0.1) is 0 Å². The van der Waals surface area contributed by atoms with Crippen LogP contribution in [0.3, 0.4) is 0 Å². The maximum absolute atomic E-state index is 2.44. The summed E-state index contributed by atoms with van der Waals surface area (Å²) in [6, 6.07) is 102. The predicted octanol–water partition coefficient (Wildman–Crippen LogP) is 18.9. The molecule has 0 radical (unpaired) electrons. The first-order chi connectivity index (χ1) is 34.7. The molecule has 1 heterocycles. The van der Waals surface area contributed by atoms with Crippen LogP contribution >= 0.6 is 0 Å². The highest BCUT2D eigenvalue weighted by atomic mass is 15.1. The third-order valence-electron chi connectivity index (χ3n) is 14.0. The second kappa shape index (κ2) is 17.4. The number of anilines is 3. The maximum atomic E-state index is 2.44. The lowest BCUT2D eigenvalue weighted by Crippen LogP contribution is -2.10. The van der Waals surface area contributed by atoms with Crippen molar-refractivity contribution in [1.29, 1.82) is 0 Å². The number of para-hydroxylation sites is 3. The van der Waals surface area contributed by atoms with Crippen LogP contribution in [0.15, 0.2) is 279 Å². The van der Waals surface area contributed by atoms with E-state index in [1.807, 2.05) is 0 Å². The Bertz CT molecular complexity index is 4010. The lowest BCUT2D eigenvalue weighted by Gasteiger charge is -2.28. The molecule has 0 aliphatic rings. The van der Waals surface area contributed by atoms with E-state index in [4.69, 9.17) is 0 Å². The number of hydrogen-bond acceptors (Lipinski definition) is 1. The molecule has 13 rings (SSSR count). The normalized spacial score (nSPS) is 11.4. The molecule has 0 amide bonds. The van der Waals surface area contributed by atoms with Crippen molar-refractivity contribution in [3.8, 4) is 61.3 Å². The van der Waals surface area contributed by atoms with Gasteiger partial charge in [-0.3, -0.25) is 0 Å². The molecule has 0 atom stereocenters. The van der Waals surface area contributed by atoms with Gasteiger partial charge in [0.2, 0.25) is 0 Å². The molecular formula is C68H46N2. The molecule has 0 saturated carbocycles. The Morgan fingerprint density at radius 3 is 1.29 bits per heavy atom. The number of aromatic nitrogens is 1. The molecule has 12 aromatic carbocycles. The largest absolute Gasteiger partial charge is 0.310 e. The molecule has 13 aromatic rings. The minimum atomic E-state index is 1.06.